The van der Waals surface area contributed by atoms with E-state index in [2.05, 4.69) is 20.4 Å². The van der Waals surface area contributed by atoms with E-state index in [1.165, 1.54) is 0 Å². The van der Waals surface area contributed by atoms with Gasteiger partial charge in [-0.2, -0.15) is 4.98 Å². The lowest BCUT2D eigenvalue weighted by Gasteiger charge is -2.17. The number of hydrogen-bond donors (Lipinski definition) is 2. The molecule has 2 N–H and O–H groups in total. The quantitative estimate of drug-likeness (QED) is 0.747. The smallest absolute Gasteiger partial charge is 0.258 e. The summed E-state index contributed by atoms with van der Waals surface area (Å²) in [7, 11) is 0. The maximum Gasteiger partial charge on any atom is 0.258 e. The molecule has 0 aliphatic rings. The Labute approximate surface area is 138 Å². The molecule has 0 aliphatic carbocycles. The van der Waals surface area contributed by atoms with Crippen LogP contribution >= 0.6 is 11.6 Å². The first-order chi connectivity index (χ1) is 11.2. The maximum absolute atomic E-state index is 9.64. The second-order valence-corrected chi connectivity index (χ2v) is 5.44. The Morgan fingerprint density at radius 1 is 1.26 bits per heavy atom. The number of aliphatic hydroxyl groups excluding tert-OH is 1. The fraction of sp³-hybridized carbons (Fsp3) is 0.188. The van der Waals surface area contributed by atoms with Gasteiger partial charge in [0.1, 0.15) is 5.82 Å². The van der Waals surface area contributed by atoms with Gasteiger partial charge in [-0.1, -0.05) is 28.9 Å². The number of aromatic nitrogens is 3. The molecule has 0 radical (unpaired) electrons. The van der Waals surface area contributed by atoms with Crippen molar-refractivity contribution in [3.8, 4) is 11.5 Å². The second-order valence-electron chi connectivity index (χ2n) is 5.01. The first kappa shape index (κ1) is 15.5. The lowest BCUT2D eigenvalue weighted by molar-refractivity contribution is 0.276. The number of anilines is 1. The van der Waals surface area contributed by atoms with Crippen LogP contribution in [0.15, 0.2) is 47.1 Å². The van der Waals surface area contributed by atoms with Gasteiger partial charge in [0, 0.05) is 16.8 Å². The van der Waals surface area contributed by atoms with E-state index < -0.39 is 0 Å². The number of aryl methyl sites for hydroxylation is 1. The van der Waals surface area contributed by atoms with Crippen LogP contribution in [0.5, 0.6) is 0 Å². The van der Waals surface area contributed by atoms with Crippen LogP contribution < -0.4 is 5.32 Å². The molecule has 23 heavy (non-hydrogen) atoms. The molecule has 0 saturated carbocycles. The number of aliphatic hydroxyl groups is 1. The average Bonchev–Trinajstić information content (AvgIpc) is 3.00. The topological polar surface area (TPSA) is 84.1 Å². The standard InChI is InChI=1S/C16H15ClN4O2/c1-10-19-16(23-21-10)12-6-7-18-15(8-12)20-14(9-22)11-2-4-13(17)5-3-11/h2-8,14,22H,9H2,1H3,(H,18,20). The number of halogens is 1. The van der Waals surface area contributed by atoms with E-state index in [0.29, 0.717) is 22.6 Å². The average molecular weight is 331 g/mol. The molecule has 2 aromatic heterocycles. The second kappa shape index (κ2) is 6.76. The molecule has 1 unspecified atom stereocenters. The molecule has 2 heterocycles. The monoisotopic (exact) mass is 330 g/mol. The molecule has 118 valence electrons. The van der Waals surface area contributed by atoms with Gasteiger partial charge in [-0.25, -0.2) is 4.98 Å². The normalized spacial score (nSPS) is 12.1. The van der Waals surface area contributed by atoms with Crippen molar-refractivity contribution < 1.29 is 9.63 Å². The Hall–Kier alpha value is -2.44. The van der Waals surface area contributed by atoms with Gasteiger partial charge in [0.25, 0.3) is 5.89 Å². The third-order valence-electron chi connectivity index (χ3n) is 3.31. The van der Waals surface area contributed by atoms with Gasteiger partial charge in [-0.15, -0.1) is 0 Å². The molecule has 0 saturated heterocycles. The zero-order valence-corrected chi connectivity index (χ0v) is 13.2. The lowest BCUT2D eigenvalue weighted by atomic mass is 10.1. The van der Waals surface area contributed by atoms with Crippen LogP contribution in [-0.2, 0) is 0 Å². The number of rotatable bonds is 5. The Bertz CT molecular complexity index is 789. The minimum atomic E-state index is -0.292. The van der Waals surface area contributed by atoms with Crippen molar-refractivity contribution in [3.05, 3.63) is 59.0 Å². The Morgan fingerprint density at radius 3 is 2.70 bits per heavy atom. The summed E-state index contributed by atoms with van der Waals surface area (Å²) < 4.78 is 5.15. The summed E-state index contributed by atoms with van der Waals surface area (Å²) in [4.78, 5) is 8.46. The largest absolute Gasteiger partial charge is 0.394 e. The fourth-order valence-electron chi connectivity index (χ4n) is 2.16. The first-order valence-corrected chi connectivity index (χ1v) is 7.43. The number of nitrogens with zero attached hydrogens (tertiary/aromatic N) is 3. The summed E-state index contributed by atoms with van der Waals surface area (Å²) in [6, 6.07) is 10.6. The van der Waals surface area contributed by atoms with Crippen molar-refractivity contribution >= 4 is 17.4 Å². The zero-order valence-electron chi connectivity index (χ0n) is 12.4. The van der Waals surface area contributed by atoms with Gasteiger partial charge in [0.15, 0.2) is 5.82 Å². The van der Waals surface area contributed by atoms with Gasteiger partial charge in [-0.3, -0.25) is 0 Å². The van der Waals surface area contributed by atoms with Gasteiger partial charge < -0.3 is 14.9 Å². The van der Waals surface area contributed by atoms with E-state index in [0.717, 1.165) is 11.1 Å². The molecule has 1 aromatic carbocycles. The minimum Gasteiger partial charge on any atom is -0.394 e. The third-order valence-corrected chi connectivity index (χ3v) is 3.56. The molecule has 6 nitrogen and oxygen atoms in total. The molecule has 0 amide bonds. The molecular formula is C16H15ClN4O2. The highest BCUT2D eigenvalue weighted by molar-refractivity contribution is 6.30. The molecule has 3 aromatic rings. The van der Waals surface area contributed by atoms with E-state index in [9.17, 15) is 5.11 Å². The van der Waals surface area contributed by atoms with Crippen molar-refractivity contribution in [2.45, 2.75) is 13.0 Å². The van der Waals surface area contributed by atoms with Crippen LogP contribution in [-0.4, -0.2) is 26.8 Å². The summed E-state index contributed by atoms with van der Waals surface area (Å²) in [5.41, 5.74) is 1.67. The number of benzene rings is 1. The minimum absolute atomic E-state index is 0.0762. The van der Waals surface area contributed by atoms with Crippen molar-refractivity contribution in [1.29, 1.82) is 0 Å². The van der Waals surface area contributed by atoms with Crippen LogP contribution in [0.1, 0.15) is 17.4 Å². The highest BCUT2D eigenvalue weighted by atomic mass is 35.5. The highest BCUT2D eigenvalue weighted by Gasteiger charge is 2.13. The van der Waals surface area contributed by atoms with Gasteiger partial charge in [0.2, 0.25) is 0 Å². The predicted molar refractivity (Wildman–Crippen MR) is 87.2 cm³/mol. The van der Waals surface area contributed by atoms with Crippen LogP contribution in [0, 0.1) is 6.92 Å². The Balaban J connectivity index is 1.82. The van der Waals surface area contributed by atoms with Crippen molar-refractivity contribution in [2.75, 3.05) is 11.9 Å². The molecular weight excluding hydrogens is 316 g/mol. The van der Waals surface area contributed by atoms with Crippen molar-refractivity contribution in [1.82, 2.24) is 15.1 Å². The number of nitrogens with one attached hydrogen (secondary N) is 1. The number of pyridine rings is 1. The summed E-state index contributed by atoms with van der Waals surface area (Å²) in [6.07, 6.45) is 1.65. The van der Waals surface area contributed by atoms with Crippen LogP contribution in [0.4, 0.5) is 5.82 Å². The summed E-state index contributed by atoms with van der Waals surface area (Å²) in [6.45, 7) is 1.68. The van der Waals surface area contributed by atoms with Crippen molar-refractivity contribution in [3.63, 3.8) is 0 Å². The fourth-order valence-corrected chi connectivity index (χ4v) is 2.29. The van der Waals surface area contributed by atoms with E-state index in [4.69, 9.17) is 16.1 Å². The lowest BCUT2D eigenvalue weighted by Crippen LogP contribution is -2.15. The van der Waals surface area contributed by atoms with E-state index in [1.54, 1.807) is 37.4 Å². The zero-order chi connectivity index (χ0) is 16.2. The van der Waals surface area contributed by atoms with Crippen LogP contribution in [0.3, 0.4) is 0 Å². The Morgan fingerprint density at radius 2 is 2.04 bits per heavy atom. The Kier molecular flexibility index (Phi) is 4.55. The third kappa shape index (κ3) is 3.67. The summed E-state index contributed by atoms with van der Waals surface area (Å²) in [5, 5.41) is 17.2. The van der Waals surface area contributed by atoms with E-state index in [-0.39, 0.29) is 12.6 Å². The maximum atomic E-state index is 9.64. The molecule has 0 bridgehead atoms. The van der Waals surface area contributed by atoms with Crippen LogP contribution in [0.2, 0.25) is 5.02 Å². The van der Waals surface area contributed by atoms with Gasteiger partial charge in [0.05, 0.1) is 12.6 Å². The molecule has 7 heteroatoms. The van der Waals surface area contributed by atoms with E-state index in [1.807, 2.05) is 12.1 Å². The van der Waals surface area contributed by atoms with Gasteiger partial charge in [-0.05, 0) is 36.8 Å². The molecule has 1 atom stereocenters. The molecule has 0 fully saturated rings. The van der Waals surface area contributed by atoms with Crippen molar-refractivity contribution in [2.24, 2.45) is 0 Å². The summed E-state index contributed by atoms with van der Waals surface area (Å²) in [5.74, 6) is 1.60. The first-order valence-electron chi connectivity index (χ1n) is 7.05. The van der Waals surface area contributed by atoms with Crippen LogP contribution in [0.25, 0.3) is 11.5 Å². The SMILES string of the molecule is Cc1noc(-c2ccnc(NC(CO)c3ccc(Cl)cc3)c2)n1. The summed E-state index contributed by atoms with van der Waals surface area (Å²) >= 11 is 5.89. The predicted octanol–water partition coefficient (Wildman–Crippen LogP) is 3.24. The number of hydrogen-bond acceptors (Lipinski definition) is 6. The molecule has 0 aliphatic heterocycles. The molecule has 3 rings (SSSR count). The highest BCUT2D eigenvalue weighted by Crippen LogP contribution is 2.23. The molecule has 0 spiro atoms. The van der Waals surface area contributed by atoms with E-state index >= 15 is 0 Å². The van der Waals surface area contributed by atoms with Gasteiger partial charge >= 0.3 is 0 Å².